The van der Waals surface area contributed by atoms with Gasteiger partial charge >= 0.3 is 0 Å². The third-order valence-electron chi connectivity index (χ3n) is 4.28. The molecule has 1 fully saturated rings. The maximum Gasteiger partial charge on any atom is 0.251 e. The molecule has 1 aromatic carbocycles. The molecule has 0 spiro atoms. The maximum absolute atomic E-state index is 12.3. The standard InChI is InChI=1S/C18H22N2OS/c1-14-4-6-15(7-5-14)18(21)19-12-17(16-8-11-22-13-16)20-9-2-3-10-20/h4-8,11,13,17H,2-3,9-10,12H2,1H3,(H,19,21). The van der Waals surface area contributed by atoms with Crippen LogP contribution in [0, 0.1) is 6.92 Å². The van der Waals surface area contributed by atoms with Gasteiger partial charge in [-0.1, -0.05) is 17.7 Å². The Bertz CT molecular complexity index is 601. The van der Waals surface area contributed by atoms with Crippen LogP contribution in [0.4, 0.5) is 0 Å². The van der Waals surface area contributed by atoms with Crippen LogP contribution in [0.25, 0.3) is 0 Å². The van der Waals surface area contributed by atoms with Gasteiger partial charge in [0, 0.05) is 12.1 Å². The molecule has 4 heteroatoms. The van der Waals surface area contributed by atoms with Crippen LogP contribution in [0.1, 0.15) is 40.4 Å². The van der Waals surface area contributed by atoms with Gasteiger partial charge in [0.1, 0.15) is 0 Å². The predicted molar refractivity (Wildman–Crippen MR) is 91.4 cm³/mol. The number of hydrogen-bond acceptors (Lipinski definition) is 3. The summed E-state index contributed by atoms with van der Waals surface area (Å²) in [6.07, 6.45) is 2.51. The summed E-state index contributed by atoms with van der Waals surface area (Å²) in [6, 6.07) is 10.2. The van der Waals surface area contributed by atoms with Crippen molar-refractivity contribution >= 4 is 17.2 Å². The highest BCUT2D eigenvalue weighted by Crippen LogP contribution is 2.26. The van der Waals surface area contributed by atoms with E-state index in [1.165, 1.54) is 24.0 Å². The van der Waals surface area contributed by atoms with Crippen LogP contribution in [-0.4, -0.2) is 30.4 Å². The van der Waals surface area contributed by atoms with Crippen molar-refractivity contribution in [2.75, 3.05) is 19.6 Å². The highest BCUT2D eigenvalue weighted by molar-refractivity contribution is 7.07. The number of likely N-dealkylation sites (tertiary alicyclic amines) is 1. The summed E-state index contributed by atoms with van der Waals surface area (Å²) in [6.45, 7) is 4.95. The quantitative estimate of drug-likeness (QED) is 0.914. The summed E-state index contributed by atoms with van der Waals surface area (Å²) in [5, 5.41) is 7.41. The molecule has 2 aromatic rings. The third kappa shape index (κ3) is 3.57. The van der Waals surface area contributed by atoms with E-state index in [2.05, 4.69) is 27.0 Å². The molecule has 1 amide bonds. The van der Waals surface area contributed by atoms with Gasteiger partial charge in [0.2, 0.25) is 0 Å². The number of hydrogen-bond donors (Lipinski definition) is 1. The highest BCUT2D eigenvalue weighted by atomic mass is 32.1. The number of thiophene rings is 1. The van der Waals surface area contributed by atoms with E-state index in [1.807, 2.05) is 31.2 Å². The molecular formula is C18H22N2OS. The van der Waals surface area contributed by atoms with Gasteiger partial charge in [0.25, 0.3) is 5.91 Å². The molecule has 0 aliphatic carbocycles. The van der Waals surface area contributed by atoms with Crippen molar-refractivity contribution in [3.8, 4) is 0 Å². The number of aryl methyl sites for hydroxylation is 1. The predicted octanol–water partition coefficient (Wildman–Crippen LogP) is 3.62. The molecule has 1 saturated heterocycles. The molecule has 3 nitrogen and oxygen atoms in total. The second kappa shape index (κ2) is 7.07. The molecule has 1 aliphatic heterocycles. The topological polar surface area (TPSA) is 32.3 Å². The Morgan fingerprint density at radius 1 is 1.23 bits per heavy atom. The van der Waals surface area contributed by atoms with E-state index in [9.17, 15) is 4.79 Å². The molecular weight excluding hydrogens is 292 g/mol. The van der Waals surface area contributed by atoms with Gasteiger partial charge < -0.3 is 5.32 Å². The second-order valence-electron chi connectivity index (χ2n) is 5.89. The second-order valence-corrected chi connectivity index (χ2v) is 6.67. The van der Waals surface area contributed by atoms with Crippen LogP contribution in [0.5, 0.6) is 0 Å². The van der Waals surface area contributed by atoms with Crippen molar-refractivity contribution in [3.63, 3.8) is 0 Å². The Hall–Kier alpha value is -1.65. The molecule has 0 saturated carbocycles. The minimum absolute atomic E-state index is 0.0134. The van der Waals surface area contributed by atoms with Gasteiger partial charge in [-0.05, 0) is 67.4 Å². The van der Waals surface area contributed by atoms with Crippen LogP contribution >= 0.6 is 11.3 Å². The van der Waals surface area contributed by atoms with E-state index in [-0.39, 0.29) is 5.91 Å². The lowest BCUT2D eigenvalue weighted by molar-refractivity contribution is 0.0938. The molecule has 1 N–H and O–H groups in total. The summed E-state index contributed by atoms with van der Waals surface area (Å²) in [5.41, 5.74) is 3.22. The molecule has 2 heterocycles. The molecule has 1 aromatic heterocycles. The maximum atomic E-state index is 12.3. The average Bonchev–Trinajstić information content (AvgIpc) is 3.22. The fraction of sp³-hybridized carbons (Fsp3) is 0.389. The van der Waals surface area contributed by atoms with Gasteiger partial charge in [0.05, 0.1) is 6.04 Å². The third-order valence-corrected chi connectivity index (χ3v) is 4.98. The summed E-state index contributed by atoms with van der Waals surface area (Å²) in [7, 11) is 0. The first-order valence-corrected chi connectivity index (χ1v) is 8.79. The summed E-state index contributed by atoms with van der Waals surface area (Å²) in [5.74, 6) is 0.0134. The summed E-state index contributed by atoms with van der Waals surface area (Å²) >= 11 is 1.72. The number of carbonyl (C=O) groups is 1. The van der Waals surface area contributed by atoms with Gasteiger partial charge in [-0.2, -0.15) is 11.3 Å². The Labute approximate surface area is 136 Å². The van der Waals surface area contributed by atoms with E-state index in [4.69, 9.17) is 0 Å². The fourth-order valence-electron chi connectivity index (χ4n) is 2.97. The number of amides is 1. The van der Waals surface area contributed by atoms with Crippen molar-refractivity contribution in [2.24, 2.45) is 0 Å². The smallest absolute Gasteiger partial charge is 0.251 e. The van der Waals surface area contributed by atoms with E-state index >= 15 is 0 Å². The van der Waals surface area contributed by atoms with Crippen LogP contribution in [-0.2, 0) is 0 Å². The molecule has 3 rings (SSSR count). The first-order valence-electron chi connectivity index (χ1n) is 7.85. The zero-order chi connectivity index (χ0) is 15.4. The molecule has 0 bridgehead atoms. The number of rotatable bonds is 5. The zero-order valence-corrected chi connectivity index (χ0v) is 13.7. The van der Waals surface area contributed by atoms with Gasteiger partial charge in [-0.3, -0.25) is 9.69 Å². The largest absolute Gasteiger partial charge is 0.350 e. The van der Waals surface area contributed by atoms with Crippen molar-refractivity contribution < 1.29 is 4.79 Å². The lowest BCUT2D eigenvalue weighted by atomic mass is 10.1. The summed E-state index contributed by atoms with van der Waals surface area (Å²) in [4.78, 5) is 14.8. The summed E-state index contributed by atoms with van der Waals surface area (Å²) < 4.78 is 0. The van der Waals surface area contributed by atoms with Crippen LogP contribution in [0.15, 0.2) is 41.1 Å². The molecule has 1 unspecified atom stereocenters. The fourth-order valence-corrected chi connectivity index (χ4v) is 3.68. The average molecular weight is 314 g/mol. The molecule has 116 valence electrons. The van der Waals surface area contributed by atoms with E-state index in [0.29, 0.717) is 12.6 Å². The molecule has 1 aliphatic rings. The lowest BCUT2D eigenvalue weighted by Crippen LogP contribution is -2.36. The molecule has 22 heavy (non-hydrogen) atoms. The normalized spacial score (nSPS) is 16.6. The lowest BCUT2D eigenvalue weighted by Gasteiger charge is -2.27. The van der Waals surface area contributed by atoms with Crippen molar-refractivity contribution in [2.45, 2.75) is 25.8 Å². The Morgan fingerprint density at radius 3 is 2.59 bits per heavy atom. The van der Waals surface area contributed by atoms with Crippen LogP contribution in [0.2, 0.25) is 0 Å². The highest BCUT2D eigenvalue weighted by Gasteiger charge is 2.24. The Morgan fingerprint density at radius 2 is 1.95 bits per heavy atom. The van der Waals surface area contributed by atoms with Crippen LogP contribution in [0.3, 0.4) is 0 Å². The van der Waals surface area contributed by atoms with Gasteiger partial charge in [-0.25, -0.2) is 0 Å². The van der Waals surface area contributed by atoms with E-state index in [1.54, 1.807) is 11.3 Å². The zero-order valence-electron chi connectivity index (χ0n) is 12.9. The van der Waals surface area contributed by atoms with Gasteiger partial charge in [0.15, 0.2) is 0 Å². The first-order chi connectivity index (χ1) is 10.7. The van der Waals surface area contributed by atoms with Crippen molar-refractivity contribution in [1.82, 2.24) is 10.2 Å². The number of carbonyl (C=O) groups excluding carboxylic acids is 1. The number of benzene rings is 1. The SMILES string of the molecule is Cc1ccc(C(=O)NCC(c2ccsc2)N2CCCC2)cc1. The molecule has 0 radical (unpaired) electrons. The minimum atomic E-state index is 0.0134. The number of nitrogens with one attached hydrogen (secondary N) is 1. The first kappa shape index (κ1) is 15.3. The van der Waals surface area contributed by atoms with Gasteiger partial charge in [-0.15, -0.1) is 0 Å². The monoisotopic (exact) mass is 314 g/mol. The Kier molecular flexibility index (Phi) is 4.90. The van der Waals surface area contributed by atoms with Crippen LogP contribution < -0.4 is 5.32 Å². The van der Waals surface area contributed by atoms with Crippen molar-refractivity contribution in [3.05, 3.63) is 57.8 Å². The van der Waals surface area contributed by atoms with E-state index < -0.39 is 0 Å². The van der Waals surface area contributed by atoms with E-state index in [0.717, 1.165) is 18.7 Å². The molecule has 1 atom stereocenters. The minimum Gasteiger partial charge on any atom is -0.350 e. The van der Waals surface area contributed by atoms with Crippen molar-refractivity contribution in [1.29, 1.82) is 0 Å². The number of nitrogens with zero attached hydrogens (tertiary/aromatic N) is 1. The Balaban J connectivity index is 1.66.